The van der Waals surface area contributed by atoms with Gasteiger partial charge in [0.25, 0.3) is 0 Å². The quantitative estimate of drug-likeness (QED) is 0.480. The minimum Gasteiger partial charge on any atom is -0.434 e. The fourth-order valence-electron chi connectivity index (χ4n) is 4.50. The van der Waals surface area contributed by atoms with Gasteiger partial charge in [0.1, 0.15) is 5.76 Å². The summed E-state index contributed by atoms with van der Waals surface area (Å²) in [4.78, 5) is 0. The van der Waals surface area contributed by atoms with Gasteiger partial charge >= 0.3 is 6.11 Å². The Balaban J connectivity index is 1.64. The van der Waals surface area contributed by atoms with Gasteiger partial charge in [-0.2, -0.15) is 8.78 Å². The van der Waals surface area contributed by atoms with Crippen LogP contribution in [-0.4, -0.2) is 6.11 Å². The smallest absolute Gasteiger partial charge is 0.423 e. The lowest BCUT2D eigenvalue weighted by molar-refractivity contribution is -0.197. The number of hydrogen-bond donors (Lipinski definition) is 0. The van der Waals surface area contributed by atoms with Crippen molar-refractivity contribution in [2.24, 2.45) is 5.92 Å². The van der Waals surface area contributed by atoms with E-state index < -0.39 is 12.0 Å². The number of rotatable bonds is 5. The van der Waals surface area contributed by atoms with Gasteiger partial charge in [0, 0.05) is 17.4 Å². The van der Waals surface area contributed by atoms with Gasteiger partial charge in [0.05, 0.1) is 0 Å². The van der Waals surface area contributed by atoms with Crippen LogP contribution < -0.4 is 0 Å². The lowest BCUT2D eigenvalue weighted by atomic mass is 9.82. The molecule has 1 aliphatic heterocycles. The van der Waals surface area contributed by atoms with Gasteiger partial charge in [-0.1, -0.05) is 86.0 Å². The predicted octanol–water partition coefficient (Wildman–Crippen LogP) is 7.42. The first-order valence-electron chi connectivity index (χ1n) is 10.7. The standard InChI is InChI=1S/C26H28F2O/c27-26(28)24(18-10-13-20-11-4-1-5-12-20)23(21-14-6-2-7-15-21)19-25(29-26)22-16-8-3-9-17-22/h1-2,4-7,11-12,14-15,18-19,22-23H,3,8-10,13,16-17H2/b24-18+. The summed E-state index contributed by atoms with van der Waals surface area (Å²) in [6.07, 6.45) is 6.93. The van der Waals surface area contributed by atoms with E-state index in [-0.39, 0.29) is 11.5 Å². The molecule has 2 aliphatic rings. The number of alkyl halides is 2. The lowest BCUT2D eigenvalue weighted by Crippen LogP contribution is -2.33. The van der Waals surface area contributed by atoms with E-state index in [4.69, 9.17) is 4.74 Å². The highest BCUT2D eigenvalue weighted by Gasteiger charge is 2.46. The molecule has 0 aromatic heterocycles. The highest BCUT2D eigenvalue weighted by molar-refractivity contribution is 5.39. The van der Waals surface area contributed by atoms with E-state index in [1.165, 1.54) is 6.42 Å². The second-order valence-corrected chi connectivity index (χ2v) is 8.09. The van der Waals surface area contributed by atoms with Crippen LogP contribution in [0.25, 0.3) is 0 Å². The topological polar surface area (TPSA) is 9.23 Å². The molecule has 0 spiro atoms. The third kappa shape index (κ3) is 4.77. The number of hydrogen-bond acceptors (Lipinski definition) is 1. The summed E-state index contributed by atoms with van der Waals surface area (Å²) in [7, 11) is 0. The number of aryl methyl sites for hydroxylation is 1. The van der Waals surface area contributed by atoms with Crippen LogP contribution in [0, 0.1) is 5.92 Å². The van der Waals surface area contributed by atoms with Crippen molar-refractivity contribution < 1.29 is 13.5 Å². The van der Waals surface area contributed by atoms with Crippen LogP contribution in [0.1, 0.15) is 55.6 Å². The minimum atomic E-state index is -3.27. The van der Waals surface area contributed by atoms with Gasteiger partial charge in [-0.15, -0.1) is 0 Å². The number of benzene rings is 2. The van der Waals surface area contributed by atoms with E-state index in [9.17, 15) is 0 Å². The fraction of sp³-hybridized carbons (Fsp3) is 0.385. The second kappa shape index (κ2) is 8.94. The van der Waals surface area contributed by atoms with Crippen LogP contribution >= 0.6 is 0 Å². The molecule has 1 saturated carbocycles. The van der Waals surface area contributed by atoms with Gasteiger partial charge in [-0.05, 0) is 42.9 Å². The molecule has 1 heterocycles. The normalized spacial score (nSPS) is 23.4. The molecule has 4 rings (SSSR count). The molecule has 1 atom stereocenters. The monoisotopic (exact) mass is 394 g/mol. The summed E-state index contributed by atoms with van der Waals surface area (Å²) in [5, 5.41) is 0. The van der Waals surface area contributed by atoms with Crippen molar-refractivity contribution in [1.29, 1.82) is 0 Å². The van der Waals surface area contributed by atoms with Gasteiger partial charge in [0.15, 0.2) is 0 Å². The van der Waals surface area contributed by atoms with Gasteiger partial charge in [0.2, 0.25) is 0 Å². The third-order valence-electron chi connectivity index (χ3n) is 6.05. The zero-order valence-electron chi connectivity index (χ0n) is 16.7. The number of halogens is 2. The number of allylic oxidation sites excluding steroid dienone is 3. The Morgan fingerprint density at radius 2 is 1.55 bits per heavy atom. The largest absolute Gasteiger partial charge is 0.434 e. The highest BCUT2D eigenvalue weighted by Crippen LogP contribution is 2.47. The van der Waals surface area contributed by atoms with Crippen molar-refractivity contribution in [3.8, 4) is 0 Å². The van der Waals surface area contributed by atoms with Crippen molar-refractivity contribution in [3.63, 3.8) is 0 Å². The zero-order valence-corrected chi connectivity index (χ0v) is 16.7. The number of ether oxygens (including phenoxy) is 1. The first-order chi connectivity index (χ1) is 14.1. The molecule has 2 aromatic rings. The molecule has 0 amide bonds. The van der Waals surface area contributed by atoms with E-state index in [2.05, 4.69) is 0 Å². The molecule has 152 valence electrons. The van der Waals surface area contributed by atoms with Crippen molar-refractivity contribution in [1.82, 2.24) is 0 Å². The van der Waals surface area contributed by atoms with Crippen LogP contribution in [0.5, 0.6) is 0 Å². The maximum atomic E-state index is 15.2. The third-order valence-corrected chi connectivity index (χ3v) is 6.05. The summed E-state index contributed by atoms with van der Waals surface area (Å²) in [5.74, 6) is 0.170. The van der Waals surface area contributed by atoms with E-state index in [1.54, 1.807) is 6.08 Å². The molecule has 1 unspecified atom stereocenters. The minimum absolute atomic E-state index is 0.0687. The predicted molar refractivity (Wildman–Crippen MR) is 113 cm³/mol. The first-order valence-corrected chi connectivity index (χ1v) is 10.7. The summed E-state index contributed by atoms with van der Waals surface area (Å²) in [6, 6.07) is 19.6. The Labute approximate surface area is 172 Å². The molecule has 1 nitrogen and oxygen atoms in total. The van der Waals surface area contributed by atoms with E-state index in [0.717, 1.165) is 43.2 Å². The van der Waals surface area contributed by atoms with Crippen LogP contribution in [0.15, 0.2) is 84.1 Å². The summed E-state index contributed by atoms with van der Waals surface area (Å²) in [6.45, 7) is 0. The Bertz CT molecular complexity index is 849. The van der Waals surface area contributed by atoms with E-state index in [1.807, 2.05) is 66.7 Å². The Hall–Kier alpha value is -2.42. The molecular formula is C26H28F2O. The molecule has 29 heavy (non-hydrogen) atoms. The molecule has 1 aliphatic carbocycles. The summed E-state index contributed by atoms with van der Waals surface area (Å²) >= 11 is 0. The Morgan fingerprint density at radius 3 is 2.24 bits per heavy atom. The van der Waals surface area contributed by atoms with Crippen LogP contribution in [0.3, 0.4) is 0 Å². The second-order valence-electron chi connectivity index (χ2n) is 8.09. The van der Waals surface area contributed by atoms with Crippen LogP contribution in [-0.2, 0) is 11.2 Å². The summed E-state index contributed by atoms with van der Waals surface area (Å²) in [5.41, 5.74) is 2.12. The molecular weight excluding hydrogens is 366 g/mol. The van der Waals surface area contributed by atoms with Crippen LogP contribution in [0.2, 0.25) is 0 Å². The Kier molecular flexibility index (Phi) is 6.13. The van der Waals surface area contributed by atoms with Crippen molar-refractivity contribution in [3.05, 3.63) is 95.3 Å². The Morgan fingerprint density at radius 1 is 0.897 bits per heavy atom. The van der Waals surface area contributed by atoms with Crippen LogP contribution in [0.4, 0.5) is 8.78 Å². The maximum absolute atomic E-state index is 15.2. The van der Waals surface area contributed by atoms with Crippen molar-refractivity contribution in [2.45, 2.75) is 57.0 Å². The highest BCUT2D eigenvalue weighted by atomic mass is 19.3. The first kappa shape index (κ1) is 19.9. The van der Waals surface area contributed by atoms with E-state index >= 15 is 8.78 Å². The molecule has 1 fully saturated rings. The molecule has 2 aromatic carbocycles. The molecule has 0 bridgehead atoms. The maximum Gasteiger partial charge on any atom is 0.423 e. The van der Waals surface area contributed by atoms with Gasteiger partial charge in [-0.3, -0.25) is 0 Å². The zero-order chi connectivity index (χ0) is 20.1. The SMILES string of the molecule is FC1(F)OC(C2CCCCC2)=CC(c2ccccc2)/C1=C\CCc1ccccc1. The average molecular weight is 395 g/mol. The molecule has 0 saturated heterocycles. The summed E-state index contributed by atoms with van der Waals surface area (Å²) < 4.78 is 35.7. The van der Waals surface area contributed by atoms with Crippen molar-refractivity contribution >= 4 is 0 Å². The lowest BCUT2D eigenvalue weighted by Gasteiger charge is -2.36. The molecule has 0 radical (unpaired) electrons. The van der Waals surface area contributed by atoms with Gasteiger partial charge < -0.3 is 4.74 Å². The average Bonchev–Trinajstić information content (AvgIpc) is 2.76. The molecule has 0 N–H and O–H groups in total. The van der Waals surface area contributed by atoms with E-state index in [0.29, 0.717) is 12.2 Å². The fourth-order valence-corrected chi connectivity index (χ4v) is 4.50. The molecule has 3 heteroatoms. The van der Waals surface area contributed by atoms with Crippen molar-refractivity contribution in [2.75, 3.05) is 0 Å². The van der Waals surface area contributed by atoms with Gasteiger partial charge in [-0.25, -0.2) is 0 Å².